The fourth-order valence-corrected chi connectivity index (χ4v) is 3.74. The molecule has 0 amide bonds. The normalized spacial score (nSPS) is 19.4. The van der Waals surface area contributed by atoms with E-state index in [-0.39, 0.29) is 5.38 Å². The van der Waals surface area contributed by atoms with E-state index < -0.39 is 0 Å². The van der Waals surface area contributed by atoms with Crippen molar-refractivity contribution in [1.29, 1.82) is 0 Å². The Kier molecular flexibility index (Phi) is 4.54. The molecule has 1 unspecified atom stereocenters. The average Bonchev–Trinajstić information content (AvgIpc) is 2.77. The van der Waals surface area contributed by atoms with Crippen LogP contribution in [0.3, 0.4) is 0 Å². The average molecular weight is 305 g/mol. The van der Waals surface area contributed by atoms with Crippen LogP contribution in [0, 0.1) is 6.92 Å². The molecule has 0 bridgehead atoms. The summed E-state index contributed by atoms with van der Waals surface area (Å²) in [5.41, 5.74) is 3.62. The molecule has 0 saturated heterocycles. The van der Waals surface area contributed by atoms with Gasteiger partial charge in [-0.15, -0.1) is 11.6 Å². The molecule has 1 aromatic carbocycles. The summed E-state index contributed by atoms with van der Waals surface area (Å²) in [7, 11) is 0. The van der Waals surface area contributed by atoms with Crippen molar-refractivity contribution in [3.8, 4) is 0 Å². The van der Waals surface area contributed by atoms with Gasteiger partial charge in [0.05, 0.1) is 16.4 Å². The Bertz CT molecular complexity index is 607. The number of benzene rings is 1. The fourth-order valence-electron chi connectivity index (χ4n) is 3.58. The van der Waals surface area contributed by atoms with Gasteiger partial charge in [0.1, 0.15) is 5.82 Å². The lowest BCUT2D eigenvalue weighted by molar-refractivity contribution is 0.371. The van der Waals surface area contributed by atoms with Gasteiger partial charge < -0.3 is 4.57 Å². The molecule has 1 saturated carbocycles. The zero-order valence-electron chi connectivity index (χ0n) is 13.1. The van der Waals surface area contributed by atoms with Gasteiger partial charge >= 0.3 is 0 Å². The first-order valence-electron chi connectivity index (χ1n) is 8.29. The number of rotatable bonds is 2. The van der Waals surface area contributed by atoms with Crippen LogP contribution in [-0.2, 0) is 0 Å². The highest BCUT2D eigenvalue weighted by molar-refractivity contribution is 6.20. The Hall–Kier alpha value is -1.02. The Morgan fingerprint density at radius 1 is 1.14 bits per heavy atom. The molecule has 1 aliphatic carbocycles. The van der Waals surface area contributed by atoms with Crippen molar-refractivity contribution >= 4 is 22.6 Å². The third-order valence-corrected chi connectivity index (χ3v) is 4.86. The van der Waals surface area contributed by atoms with Gasteiger partial charge in [0.25, 0.3) is 0 Å². The van der Waals surface area contributed by atoms with E-state index in [0.29, 0.717) is 6.04 Å². The Balaban J connectivity index is 2.07. The molecule has 0 spiro atoms. The van der Waals surface area contributed by atoms with Crippen LogP contribution in [0.1, 0.15) is 74.7 Å². The lowest BCUT2D eigenvalue weighted by Gasteiger charge is -2.24. The van der Waals surface area contributed by atoms with E-state index in [2.05, 4.69) is 29.7 Å². The first-order chi connectivity index (χ1) is 10.2. The minimum Gasteiger partial charge on any atom is -0.324 e. The first-order valence-corrected chi connectivity index (χ1v) is 8.73. The molecule has 1 atom stereocenters. The number of alkyl halides is 1. The second-order valence-electron chi connectivity index (χ2n) is 6.45. The molecule has 3 rings (SSSR count). The van der Waals surface area contributed by atoms with Crippen LogP contribution in [0.5, 0.6) is 0 Å². The van der Waals surface area contributed by atoms with Crippen molar-refractivity contribution < 1.29 is 0 Å². The van der Waals surface area contributed by atoms with E-state index >= 15 is 0 Å². The van der Waals surface area contributed by atoms with Gasteiger partial charge in [0.2, 0.25) is 0 Å². The number of hydrogen-bond donors (Lipinski definition) is 0. The van der Waals surface area contributed by atoms with E-state index in [1.165, 1.54) is 56.0 Å². The number of aryl methyl sites for hydroxylation is 1. The molecule has 0 radical (unpaired) electrons. The molecule has 114 valence electrons. The highest BCUT2D eigenvalue weighted by Gasteiger charge is 2.22. The second-order valence-corrected chi connectivity index (χ2v) is 7.10. The second kappa shape index (κ2) is 6.39. The lowest BCUT2D eigenvalue weighted by Crippen LogP contribution is -2.14. The van der Waals surface area contributed by atoms with Crippen LogP contribution in [0.25, 0.3) is 11.0 Å². The van der Waals surface area contributed by atoms with Crippen LogP contribution < -0.4 is 0 Å². The maximum absolute atomic E-state index is 6.43. The Morgan fingerprint density at radius 2 is 1.81 bits per heavy atom. The minimum atomic E-state index is -0.0388. The van der Waals surface area contributed by atoms with Gasteiger partial charge in [-0.05, 0) is 44.4 Å². The summed E-state index contributed by atoms with van der Waals surface area (Å²) in [4.78, 5) is 4.83. The number of aromatic nitrogens is 2. The van der Waals surface area contributed by atoms with E-state index in [0.717, 1.165) is 11.3 Å². The summed E-state index contributed by atoms with van der Waals surface area (Å²) < 4.78 is 2.44. The summed E-state index contributed by atoms with van der Waals surface area (Å²) in [5, 5.41) is -0.0388. The van der Waals surface area contributed by atoms with E-state index in [1.807, 2.05) is 6.92 Å². The van der Waals surface area contributed by atoms with Crippen LogP contribution in [0.4, 0.5) is 0 Å². The zero-order chi connectivity index (χ0) is 14.8. The largest absolute Gasteiger partial charge is 0.324 e. The predicted octanol–water partition coefficient (Wildman–Crippen LogP) is 5.93. The third kappa shape index (κ3) is 3.11. The van der Waals surface area contributed by atoms with Crippen LogP contribution in [-0.4, -0.2) is 9.55 Å². The molecule has 21 heavy (non-hydrogen) atoms. The predicted molar refractivity (Wildman–Crippen MR) is 90.1 cm³/mol. The van der Waals surface area contributed by atoms with Crippen LogP contribution in [0.15, 0.2) is 18.2 Å². The smallest absolute Gasteiger partial charge is 0.127 e. The molecule has 1 fully saturated rings. The lowest BCUT2D eigenvalue weighted by atomic mass is 9.96. The summed E-state index contributed by atoms with van der Waals surface area (Å²) in [5.74, 6) is 1.04. The maximum atomic E-state index is 6.43. The zero-order valence-corrected chi connectivity index (χ0v) is 13.9. The van der Waals surface area contributed by atoms with Crippen molar-refractivity contribution in [3.05, 3.63) is 29.6 Å². The van der Waals surface area contributed by atoms with Gasteiger partial charge in [-0.25, -0.2) is 4.98 Å². The SMILES string of the molecule is Cc1ccc2c(c1)nc(C(C)Cl)n2C1CCCCCCC1. The molecule has 0 N–H and O–H groups in total. The molecule has 2 nitrogen and oxygen atoms in total. The fraction of sp³-hybridized carbons (Fsp3) is 0.611. The van der Waals surface area contributed by atoms with Gasteiger partial charge in [0.15, 0.2) is 0 Å². The molecule has 1 heterocycles. The number of imidazole rings is 1. The Morgan fingerprint density at radius 3 is 2.48 bits per heavy atom. The van der Waals surface area contributed by atoms with Gasteiger partial charge in [-0.2, -0.15) is 0 Å². The first kappa shape index (κ1) is 14.9. The maximum Gasteiger partial charge on any atom is 0.127 e. The molecule has 2 aromatic rings. The Labute approximate surface area is 132 Å². The number of hydrogen-bond acceptors (Lipinski definition) is 1. The molecule has 3 heteroatoms. The molecule has 1 aromatic heterocycles. The number of fused-ring (bicyclic) bond motifs is 1. The van der Waals surface area contributed by atoms with Gasteiger partial charge in [-0.3, -0.25) is 0 Å². The molecular formula is C18H25ClN2. The topological polar surface area (TPSA) is 17.8 Å². The van der Waals surface area contributed by atoms with Crippen molar-refractivity contribution in [3.63, 3.8) is 0 Å². The van der Waals surface area contributed by atoms with Crippen molar-refractivity contribution in [1.82, 2.24) is 9.55 Å². The van der Waals surface area contributed by atoms with Crippen LogP contribution >= 0.6 is 11.6 Å². The number of halogens is 1. The van der Waals surface area contributed by atoms with E-state index in [1.54, 1.807) is 0 Å². The quantitative estimate of drug-likeness (QED) is 0.629. The standard InChI is InChI=1S/C18H25ClN2/c1-13-10-11-17-16(12-13)20-18(14(2)19)21(17)15-8-6-4-3-5-7-9-15/h10-12,14-15H,3-9H2,1-2H3. The summed E-state index contributed by atoms with van der Waals surface area (Å²) in [6, 6.07) is 7.15. The molecule has 1 aliphatic rings. The van der Waals surface area contributed by atoms with E-state index in [9.17, 15) is 0 Å². The highest BCUT2D eigenvalue weighted by atomic mass is 35.5. The third-order valence-electron chi connectivity index (χ3n) is 4.67. The molecule has 0 aliphatic heterocycles. The molecular weight excluding hydrogens is 280 g/mol. The van der Waals surface area contributed by atoms with Gasteiger partial charge in [-0.1, -0.05) is 38.2 Å². The van der Waals surface area contributed by atoms with E-state index in [4.69, 9.17) is 16.6 Å². The van der Waals surface area contributed by atoms with Crippen LogP contribution in [0.2, 0.25) is 0 Å². The monoisotopic (exact) mass is 304 g/mol. The minimum absolute atomic E-state index is 0.0388. The summed E-state index contributed by atoms with van der Waals surface area (Å²) >= 11 is 6.43. The summed E-state index contributed by atoms with van der Waals surface area (Å²) in [6.07, 6.45) is 9.31. The highest BCUT2D eigenvalue weighted by Crippen LogP contribution is 2.34. The number of nitrogens with zero attached hydrogens (tertiary/aromatic N) is 2. The van der Waals surface area contributed by atoms with Crippen molar-refractivity contribution in [2.75, 3.05) is 0 Å². The van der Waals surface area contributed by atoms with Gasteiger partial charge in [0, 0.05) is 6.04 Å². The van der Waals surface area contributed by atoms with Crippen molar-refractivity contribution in [2.45, 2.75) is 70.2 Å². The van der Waals surface area contributed by atoms with Crippen molar-refractivity contribution in [2.24, 2.45) is 0 Å². The summed E-state index contributed by atoms with van der Waals surface area (Å²) in [6.45, 7) is 4.16.